The minimum absolute atomic E-state index is 1.05. The largest absolute Gasteiger partial charge is 0.505 e. The lowest BCUT2D eigenvalue weighted by atomic mass is 10.5. The molecule has 0 amide bonds. The average Bonchev–Trinajstić information content (AvgIpc) is 1.88. The van der Waals surface area contributed by atoms with Crippen LogP contribution in [0.1, 0.15) is 27.2 Å². The molecule has 0 heterocycles. The Balaban J connectivity index is 0. The fraction of sp³-hybridized carbons (Fsp3) is 0.714. The summed E-state index contributed by atoms with van der Waals surface area (Å²) in [5, 5.41) is 0. The van der Waals surface area contributed by atoms with Crippen molar-refractivity contribution in [2.24, 2.45) is 0 Å². The first kappa shape index (κ1) is 10.5. The third-order valence-electron chi connectivity index (χ3n) is 0.468. The highest BCUT2D eigenvalue weighted by Crippen LogP contribution is 1.76. The van der Waals surface area contributed by atoms with Gasteiger partial charge in [0.2, 0.25) is 0 Å². The number of ether oxygens (including phenoxy) is 1. The van der Waals surface area contributed by atoms with Gasteiger partial charge in [0, 0.05) is 0 Å². The maximum atomic E-state index is 4.60. The Bertz CT molecular complexity index is 33.7. The van der Waals surface area contributed by atoms with E-state index < -0.39 is 0 Å². The van der Waals surface area contributed by atoms with E-state index in [1.807, 2.05) is 19.9 Å². The molecule has 8 heavy (non-hydrogen) atoms. The standard InChI is InChI=1S/C5H10O.C2H6/c1-3-4-5-6-2;1-2/h4-5H,3H2,1-2H3;1-2H3/b5-4-;. The van der Waals surface area contributed by atoms with Crippen LogP contribution in [0.3, 0.4) is 0 Å². The van der Waals surface area contributed by atoms with Gasteiger partial charge in [-0.1, -0.05) is 26.8 Å². The van der Waals surface area contributed by atoms with Crippen molar-refractivity contribution in [3.05, 3.63) is 12.3 Å². The second-order valence-electron chi connectivity index (χ2n) is 1.02. The topological polar surface area (TPSA) is 9.23 Å². The minimum atomic E-state index is 1.05. The van der Waals surface area contributed by atoms with Crippen LogP contribution in [0.4, 0.5) is 0 Å². The number of methoxy groups -OCH3 is 1. The van der Waals surface area contributed by atoms with Gasteiger partial charge >= 0.3 is 0 Å². The third kappa shape index (κ3) is 17.7. The molecule has 0 bridgehead atoms. The Kier molecular flexibility index (Phi) is 21.0. The van der Waals surface area contributed by atoms with Crippen LogP contribution in [0.15, 0.2) is 12.3 Å². The second-order valence-corrected chi connectivity index (χ2v) is 1.02. The van der Waals surface area contributed by atoms with Crippen molar-refractivity contribution in [2.45, 2.75) is 27.2 Å². The van der Waals surface area contributed by atoms with Gasteiger partial charge in [0.25, 0.3) is 0 Å². The molecular weight excluding hydrogens is 100 g/mol. The fourth-order valence-corrected chi connectivity index (χ4v) is 0.192. The summed E-state index contributed by atoms with van der Waals surface area (Å²) in [6.07, 6.45) is 4.69. The quantitative estimate of drug-likeness (QED) is 0.504. The Morgan fingerprint density at radius 3 is 2.00 bits per heavy atom. The SMILES string of the molecule is CC.CC/C=C\OC. The Morgan fingerprint density at radius 2 is 1.88 bits per heavy atom. The van der Waals surface area contributed by atoms with Crippen molar-refractivity contribution in [1.82, 2.24) is 0 Å². The van der Waals surface area contributed by atoms with Crippen LogP contribution in [-0.4, -0.2) is 7.11 Å². The van der Waals surface area contributed by atoms with Gasteiger partial charge in [-0.2, -0.15) is 0 Å². The van der Waals surface area contributed by atoms with E-state index in [2.05, 4.69) is 11.7 Å². The predicted octanol–water partition coefficient (Wildman–Crippen LogP) is 2.58. The number of rotatable bonds is 2. The number of hydrogen-bond acceptors (Lipinski definition) is 1. The van der Waals surface area contributed by atoms with Gasteiger partial charge < -0.3 is 4.74 Å². The molecule has 0 aliphatic heterocycles. The molecule has 0 atom stereocenters. The van der Waals surface area contributed by atoms with E-state index in [9.17, 15) is 0 Å². The van der Waals surface area contributed by atoms with Crippen LogP contribution in [0.2, 0.25) is 0 Å². The molecular formula is C7H16O. The molecule has 0 spiro atoms. The Hall–Kier alpha value is -0.460. The van der Waals surface area contributed by atoms with Crippen LogP contribution < -0.4 is 0 Å². The maximum Gasteiger partial charge on any atom is 0.0784 e. The molecule has 0 saturated heterocycles. The van der Waals surface area contributed by atoms with E-state index in [0.717, 1.165) is 6.42 Å². The summed E-state index contributed by atoms with van der Waals surface area (Å²) in [5.41, 5.74) is 0. The predicted molar refractivity (Wildman–Crippen MR) is 37.8 cm³/mol. The lowest BCUT2D eigenvalue weighted by Gasteiger charge is -1.80. The molecule has 0 N–H and O–H groups in total. The monoisotopic (exact) mass is 116 g/mol. The molecule has 0 aliphatic carbocycles. The van der Waals surface area contributed by atoms with Crippen LogP contribution in [0, 0.1) is 0 Å². The van der Waals surface area contributed by atoms with E-state index in [1.165, 1.54) is 0 Å². The smallest absolute Gasteiger partial charge is 0.0784 e. The van der Waals surface area contributed by atoms with Crippen molar-refractivity contribution >= 4 is 0 Å². The van der Waals surface area contributed by atoms with E-state index in [4.69, 9.17) is 0 Å². The summed E-state index contributed by atoms with van der Waals surface area (Å²) in [6.45, 7) is 6.06. The zero-order valence-corrected chi connectivity index (χ0v) is 6.27. The molecule has 0 aliphatic rings. The van der Waals surface area contributed by atoms with E-state index in [-0.39, 0.29) is 0 Å². The molecule has 0 unspecified atom stereocenters. The van der Waals surface area contributed by atoms with Gasteiger partial charge in [-0.15, -0.1) is 0 Å². The van der Waals surface area contributed by atoms with Crippen LogP contribution in [0.5, 0.6) is 0 Å². The Morgan fingerprint density at radius 1 is 1.38 bits per heavy atom. The van der Waals surface area contributed by atoms with E-state index >= 15 is 0 Å². The summed E-state index contributed by atoms with van der Waals surface area (Å²) >= 11 is 0. The maximum absolute atomic E-state index is 4.60. The van der Waals surface area contributed by atoms with Crippen molar-refractivity contribution < 1.29 is 4.74 Å². The van der Waals surface area contributed by atoms with Gasteiger partial charge in [-0.25, -0.2) is 0 Å². The first-order valence-corrected chi connectivity index (χ1v) is 3.09. The van der Waals surface area contributed by atoms with E-state index in [1.54, 1.807) is 13.4 Å². The molecule has 1 nitrogen and oxygen atoms in total. The molecule has 0 aromatic heterocycles. The molecule has 1 heteroatoms. The van der Waals surface area contributed by atoms with Crippen molar-refractivity contribution in [3.8, 4) is 0 Å². The molecule has 0 aromatic rings. The average molecular weight is 116 g/mol. The van der Waals surface area contributed by atoms with Crippen molar-refractivity contribution in [1.29, 1.82) is 0 Å². The molecule has 0 rings (SSSR count). The lowest BCUT2D eigenvalue weighted by Crippen LogP contribution is -1.61. The first-order chi connectivity index (χ1) is 3.91. The lowest BCUT2D eigenvalue weighted by molar-refractivity contribution is 0.336. The summed E-state index contributed by atoms with van der Waals surface area (Å²) in [7, 11) is 1.64. The van der Waals surface area contributed by atoms with Gasteiger partial charge in [-0.05, 0) is 6.42 Å². The number of allylic oxidation sites excluding steroid dienone is 1. The van der Waals surface area contributed by atoms with Crippen LogP contribution in [0.25, 0.3) is 0 Å². The highest BCUT2D eigenvalue weighted by atomic mass is 16.5. The highest BCUT2D eigenvalue weighted by Gasteiger charge is 1.58. The first-order valence-electron chi connectivity index (χ1n) is 3.09. The van der Waals surface area contributed by atoms with Gasteiger partial charge in [-0.3, -0.25) is 0 Å². The molecule has 0 fully saturated rings. The Labute approximate surface area is 52.4 Å². The molecule has 0 saturated carbocycles. The second kappa shape index (κ2) is 16.0. The third-order valence-corrected chi connectivity index (χ3v) is 0.468. The summed E-state index contributed by atoms with van der Waals surface area (Å²) in [4.78, 5) is 0. The van der Waals surface area contributed by atoms with Crippen LogP contribution >= 0.6 is 0 Å². The van der Waals surface area contributed by atoms with Crippen molar-refractivity contribution in [3.63, 3.8) is 0 Å². The van der Waals surface area contributed by atoms with Crippen molar-refractivity contribution in [2.75, 3.05) is 7.11 Å². The number of hydrogen-bond donors (Lipinski definition) is 0. The van der Waals surface area contributed by atoms with Crippen LogP contribution in [-0.2, 0) is 4.74 Å². The van der Waals surface area contributed by atoms with Gasteiger partial charge in [0.15, 0.2) is 0 Å². The zero-order chi connectivity index (χ0) is 6.83. The highest BCUT2D eigenvalue weighted by molar-refractivity contribution is 4.69. The molecule has 50 valence electrons. The fourth-order valence-electron chi connectivity index (χ4n) is 0.192. The zero-order valence-electron chi connectivity index (χ0n) is 6.27. The summed E-state index contributed by atoms with van der Waals surface area (Å²) < 4.78 is 4.60. The summed E-state index contributed by atoms with van der Waals surface area (Å²) in [5.74, 6) is 0. The molecule has 0 radical (unpaired) electrons. The van der Waals surface area contributed by atoms with E-state index in [0.29, 0.717) is 0 Å². The normalized spacial score (nSPS) is 8.00. The molecule has 0 aromatic carbocycles. The van der Waals surface area contributed by atoms with Gasteiger partial charge in [0.05, 0.1) is 13.4 Å². The minimum Gasteiger partial charge on any atom is -0.505 e. The summed E-state index contributed by atoms with van der Waals surface area (Å²) in [6, 6.07) is 0. The van der Waals surface area contributed by atoms with Gasteiger partial charge in [0.1, 0.15) is 0 Å².